The van der Waals surface area contributed by atoms with Crippen LogP contribution in [0.1, 0.15) is 162 Å². The molecule has 0 aromatic heterocycles. The van der Waals surface area contributed by atoms with Crippen molar-refractivity contribution in [1.29, 1.82) is 0 Å². The molecule has 0 radical (unpaired) electrons. The van der Waals surface area contributed by atoms with Crippen LogP contribution in [0.4, 0.5) is 0 Å². The highest BCUT2D eigenvalue weighted by Crippen LogP contribution is 2.47. The number of likely N-dealkylation sites (N-methyl/N-ethyl adjacent to an activating group) is 7. The molecule has 13 atom stereocenters. The first-order valence-corrected chi connectivity index (χ1v) is 36.6. The number of aliphatic hydroxyl groups excluding tert-OH is 1. The van der Waals surface area contributed by atoms with Crippen molar-refractivity contribution < 1.29 is 76.2 Å². The summed E-state index contributed by atoms with van der Waals surface area (Å²) < 4.78 is 28.8. The Bertz CT molecular complexity index is 2960. The highest BCUT2D eigenvalue weighted by molar-refractivity contribution is 7.53. The average molecular weight is 1420 g/mol. The molecule has 11 amide bonds. The Balaban J connectivity index is 2.98. The van der Waals surface area contributed by atoms with Crippen LogP contribution in [0.25, 0.3) is 6.08 Å². The van der Waals surface area contributed by atoms with Gasteiger partial charge in [-0.25, -0.2) is 0 Å². The first kappa shape index (κ1) is 88.1. The molecule has 5 N–H and O–H groups in total. The van der Waals surface area contributed by atoms with Crippen LogP contribution >= 0.6 is 7.60 Å². The fourth-order valence-electron chi connectivity index (χ4n) is 11.9. The molecular formula is C71H122N11O16P. The third-order valence-corrected chi connectivity index (χ3v) is 19.7. The van der Waals surface area contributed by atoms with Gasteiger partial charge in [0.15, 0.2) is 6.35 Å². The predicted octanol–water partition coefficient (Wildman–Crippen LogP) is 5.62. The molecule has 0 saturated carbocycles. The van der Waals surface area contributed by atoms with E-state index in [9.17, 15) is 43.2 Å². The van der Waals surface area contributed by atoms with Crippen LogP contribution in [0.3, 0.4) is 0 Å². The Hall–Kier alpha value is -6.96. The van der Waals surface area contributed by atoms with E-state index in [1.54, 1.807) is 84.9 Å². The second-order valence-corrected chi connectivity index (χ2v) is 31.1. The van der Waals surface area contributed by atoms with Crippen molar-refractivity contribution in [1.82, 2.24) is 55.6 Å². The summed E-state index contributed by atoms with van der Waals surface area (Å²) in [5.41, 5.74) is 0.719. The molecule has 1 saturated heterocycles. The van der Waals surface area contributed by atoms with Crippen LogP contribution in [-0.2, 0) is 66.4 Å². The first-order valence-electron chi connectivity index (χ1n) is 34.9. The summed E-state index contributed by atoms with van der Waals surface area (Å²) in [4.78, 5) is 170. The molecule has 1 fully saturated rings. The molecule has 0 bridgehead atoms. The largest absolute Gasteiger partial charge is 0.481 e. The fourth-order valence-corrected chi connectivity index (χ4v) is 12.9. The van der Waals surface area contributed by atoms with Crippen LogP contribution < -0.4 is 26.0 Å². The maximum absolute atomic E-state index is 15.5. The lowest BCUT2D eigenvalue weighted by molar-refractivity contribution is -0.157. The molecule has 1 aliphatic rings. The zero-order valence-electron chi connectivity index (χ0n) is 63.9. The van der Waals surface area contributed by atoms with Crippen LogP contribution in [0.2, 0.25) is 0 Å². The van der Waals surface area contributed by atoms with Gasteiger partial charge in [0, 0.05) is 56.4 Å². The first-order chi connectivity index (χ1) is 45.9. The molecule has 28 heteroatoms. The summed E-state index contributed by atoms with van der Waals surface area (Å²) in [6, 6.07) is -5.96. The van der Waals surface area contributed by atoms with Gasteiger partial charge in [0.2, 0.25) is 65.0 Å². The molecule has 1 heterocycles. The number of benzene rings is 1. The fraction of sp³-hybridized carbons (Fsp3) is 0.732. The Morgan fingerprint density at radius 3 is 1.45 bits per heavy atom. The van der Waals surface area contributed by atoms with E-state index in [1.807, 2.05) is 55.4 Å². The van der Waals surface area contributed by atoms with E-state index < -0.39 is 163 Å². The van der Waals surface area contributed by atoms with Gasteiger partial charge >= 0.3 is 7.60 Å². The smallest absolute Gasteiger partial charge is 0.367 e. The molecule has 1 aliphatic heterocycles. The van der Waals surface area contributed by atoms with E-state index in [1.165, 1.54) is 94.8 Å². The van der Waals surface area contributed by atoms with Gasteiger partial charge in [-0.1, -0.05) is 121 Å². The number of hydrogen-bond acceptors (Lipinski definition) is 16. The van der Waals surface area contributed by atoms with E-state index in [0.717, 1.165) is 15.4 Å². The number of rotatable bonds is 22. The van der Waals surface area contributed by atoms with Crippen molar-refractivity contribution in [3.05, 3.63) is 35.9 Å². The minimum absolute atomic E-state index is 0.0265. The van der Waals surface area contributed by atoms with Crippen LogP contribution in [0.15, 0.2) is 30.3 Å². The average Bonchev–Trinajstić information content (AvgIpc) is 0.803. The minimum atomic E-state index is -3.47. The number of allylic oxidation sites excluding steroid dienone is 1. The number of amides is 11. The number of hydrogen-bond donors (Lipinski definition) is 5. The Kier molecular flexibility index (Phi) is 36.0. The molecule has 1 aromatic carbocycles. The Labute approximate surface area is 589 Å². The lowest BCUT2D eigenvalue weighted by Crippen LogP contribution is -2.63. The Morgan fingerprint density at radius 1 is 0.525 bits per heavy atom. The van der Waals surface area contributed by atoms with Crippen molar-refractivity contribution in [2.24, 2.45) is 41.4 Å². The van der Waals surface area contributed by atoms with E-state index in [0.29, 0.717) is 5.75 Å². The quantitative estimate of drug-likeness (QED) is 0.0880. The summed E-state index contributed by atoms with van der Waals surface area (Å²) >= 11 is 0. The number of carbonyl (C=O) groups excluding carboxylic acids is 11. The van der Waals surface area contributed by atoms with Crippen molar-refractivity contribution in [2.75, 3.05) is 75.9 Å². The molecular weight excluding hydrogens is 1290 g/mol. The van der Waals surface area contributed by atoms with E-state index >= 15 is 19.2 Å². The van der Waals surface area contributed by atoms with E-state index in [2.05, 4.69) is 21.3 Å². The topological polar surface area (TPSA) is 324 Å². The summed E-state index contributed by atoms with van der Waals surface area (Å²) in [5.74, 6) is -9.99. The van der Waals surface area contributed by atoms with Gasteiger partial charge in [0.1, 0.15) is 66.2 Å². The molecule has 99 heavy (non-hydrogen) atoms. The zero-order chi connectivity index (χ0) is 76.0. The highest BCUT2D eigenvalue weighted by Gasteiger charge is 2.46. The molecule has 0 spiro atoms. The normalized spacial score (nSPS) is 25.4. The monoisotopic (exact) mass is 1420 g/mol. The van der Waals surface area contributed by atoms with Gasteiger partial charge in [-0.2, -0.15) is 0 Å². The summed E-state index contributed by atoms with van der Waals surface area (Å²) in [7, 11) is 7.62. The zero-order valence-corrected chi connectivity index (χ0v) is 64.8. The van der Waals surface area contributed by atoms with E-state index in [4.69, 9.17) is 13.8 Å². The van der Waals surface area contributed by atoms with Gasteiger partial charge in [0.05, 0.1) is 19.3 Å². The van der Waals surface area contributed by atoms with Crippen molar-refractivity contribution in [3.8, 4) is 5.75 Å². The maximum Gasteiger partial charge on any atom is 0.367 e. The molecule has 0 aliphatic carbocycles. The van der Waals surface area contributed by atoms with E-state index in [-0.39, 0.29) is 75.2 Å². The van der Waals surface area contributed by atoms with Gasteiger partial charge in [-0.15, -0.1) is 0 Å². The molecule has 2 rings (SSSR count). The van der Waals surface area contributed by atoms with Crippen molar-refractivity contribution in [2.45, 2.75) is 223 Å². The lowest BCUT2D eigenvalue weighted by atomic mass is 9.91. The SMILES string of the molecule is CCOP(=O)(COc1ccc(C=CC[C@@H](C)[C@@H](O)[C@H]2C(=O)N[C@@H](CC)C(=O)N(C)CC(=O)N(C)[C@@H](CC(C)C)C(=O)N[C@@H](C(C)C)C(=O)N(C)[C@@H](CC(C)C)C(=O)N[C@@H](C)C(=O)N[C@H](C)C(=O)N(C)[C@@H](CC(C)C)C(=O)N(C)[C@@H](CC(C)C)C(=O)N(C)[C@@H](C(C)C)C(=O)N2C)cc1)OC. The molecule has 27 nitrogen and oxygen atoms in total. The lowest BCUT2D eigenvalue weighted by Gasteiger charge is -2.41. The summed E-state index contributed by atoms with van der Waals surface area (Å²) in [5, 5.41) is 23.5. The van der Waals surface area contributed by atoms with Crippen LogP contribution in [0.5, 0.6) is 5.75 Å². The number of carbonyl (C=O) groups is 11. The number of ether oxygens (including phenoxy) is 1. The highest BCUT2D eigenvalue weighted by atomic mass is 31.2. The second-order valence-electron chi connectivity index (χ2n) is 29.0. The summed E-state index contributed by atoms with van der Waals surface area (Å²) in [6.07, 6.45) is 2.24. The Morgan fingerprint density at radius 2 is 0.980 bits per heavy atom. The van der Waals surface area contributed by atoms with Gasteiger partial charge < -0.3 is 74.5 Å². The summed E-state index contributed by atoms with van der Waals surface area (Å²) in [6.45, 7) is 29.1. The van der Waals surface area contributed by atoms with Crippen LogP contribution in [-0.4, -0.2) is 247 Å². The number of nitrogens with one attached hydrogen (secondary N) is 4. The van der Waals surface area contributed by atoms with Crippen molar-refractivity contribution >= 4 is 78.7 Å². The third-order valence-electron chi connectivity index (χ3n) is 18.0. The van der Waals surface area contributed by atoms with Gasteiger partial charge in [-0.3, -0.25) is 57.3 Å². The van der Waals surface area contributed by atoms with Gasteiger partial charge in [0.25, 0.3) is 0 Å². The predicted molar refractivity (Wildman–Crippen MR) is 381 cm³/mol. The third kappa shape index (κ3) is 25.6. The molecule has 1 aromatic rings. The maximum atomic E-state index is 15.5. The number of nitrogens with zero attached hydrogens (tertiary/aromatic N) is 7. The van der Waals surface area contributed by atoms with Gasteiger partial charge in [-0.05, 0) is 118 Å². The van der Waals surface area contributed by atoms with Crippen LogP contribution in [0, 0.1) is 41.4 Å². The van der Waals surface area contributed by atoms with Crippen molar-refractivity contribution in [3.63, 3.8) is 0 Å². The molecule has 1 unspecified atom stereocenters. The second kappa shape index (κ2) is 40.5. The minimum Gasteiger partial charge on any atom is -0.481 e. The number of aliphatic hydroxyl groups is 1. The standard InChI is InChI=1S/C71H122N11O16P/c1-26-52-67(90)76(18)39-57(83)77(19)53(35-41(3)4)64(87)75-58(45(11)12)70(93)78(20)54(36-42(5)6)63(86)72-48(16)62(85)73-49(17)66(89)79(21)55(37-43(7)8)68(91)80(22)56(38-44(9)10)69(92)81(23)59(46(13)14)71(94)82(24)60(65(88)74-52)61(84)47(15)29-28-30-50-31-33-51(34-32-50)97-40-99(95,96-25)98-27-2/h28,30-34,41-49,52-56,58-61,84H,26-27,29,35-40H2,1-25H3,(H,72,86)(H,73,85)(H,74,88)(H,75,87)/t47-,48+,49-,52+,53+,54+,55+,56+,58+,59+,60+,61-,99?/m1/s1. The molecule has 562 valence electrons.